The molecule has 4 aliphatic heterocycles. The summed E-state index contributed by atoms with van der Waals surface area (Å²) in [5.74, 6) is -1.83. The zero-order valence-corrected chi connectivity index (χ0v) is 81.4. The number of anilines is 1. The molecule has 2 aromatic carbocycles. The van der Waals surface area contributed by atoms with Crippen LogP contribution >= 0.6 is 186 Å². The van der Waals surface area contributed by atoms with E-state index in [2.05, 4.69) is 122 Å². The molecular weight excluding hydrogens is 2680 g/mol. The first-order valence-corrected chi connectivity index (χ1v) is 98.6. The first-order valence-electron chi connectivity index (χ1n) is 31.3. The van der Waals surface area contributed by atoms with Crippen LogP contribution in [-0.2, 0) is 98.2 Å². The molecule has 39 heteroatoms. The van der Waals surface area contributed by atoms with Crippen molar-refractivity contribution in [3.05, 3.63) is 175 Å². The van der Waals surface area contributed by atoms with E-state index in [1.807, 2.05) is 38.1 Å². The number of cyclic esters (lactones) is 2. The van der Waals surface area contributed by atoms with Gasteiger partial charge in [-0.25, -0.2) is 29.5 Å². The van der Waals surface area contributed by atoms with E-state index in [1.165, 1.54) is 85.4 Å². The van der Waals surface area contributed by atoms with Crippen molar-refractivity contribution in [2.75, 3.05) is 18.9 Å². The fraction of sp³-hybridized carbons (Fsp3) is 0.379. The van der Waals surface area contributed by atoms with Gasteiger partial charge in [-0.3, -0.25) is 34.6 Å². The van der Waals surface area contributed by atoms with Crippen LogP contribution in [0.5, 0.6) is 0 Å². The van der Waals surface area contributed by atoms with E-state index in [0.29, 0.717) is 64.6 Å². The van der Waals surface area contributed by atoms with Gasteiger partial charge in [0.25, 0.3) is 11.1 Å². The number of fused-ring (bicyclic) bond motifs is 10. The first kappa shape index (κ1) is 88.7. The first-order chi connectivity index (χ1) is 49.2. The van der Waals surface area contributed by atoms with Crippen LogP contribution in [0.15, 0.2) is 92.7 Å². The zero-order valence-electron chi connectivity index (χ0n) is 54.4. The van der Waals surface area contributed by atoms with E-state index in [-0.39, 0.29) is 142 Å². The van der Waals surface area contributed by atoms with Crippen molar-refractivity contribution < 1.29 is 67.0 Å². The molecule has 0 bridgehead atoms. The topological polar surface area (TPSA) is 347 Å². The van der Waals surface area contributed by atoms with Crippen LogP contribution < -0.4 is 30.1 Å². The summed E-state index contributed by atoms with van der Waals surface area (Å²) in [6, 6.07) is 17.0. The normalized spacial score (nSPS) is 17.7. The van der Waals surface area contributed by atoms with Crippen molar-refractivity contribution in [3.63, 3.8) is 0 Å². The average molecular weight is 2750 g/mol. The summed E-state index contributed by atoms with van der Waals surface area (Å²) in [6.45, 7) is 7.75. The van der Waals surface area contributed by atoms with Crippen molar-refractivity contribution in [3.8, 4) is 22.8 Å². The number of carbonyl (C=O) groups excluding carboxylic acids is 3. The standard InChI is InChI=1S/C33H30N4O8S2.C23H21N3O4.C8H10N2O3S2.2CH4.I11/c1-3-33(41)23-13-26-29-21(14-36(26)31(39)22(23)16-45-32(33)40)20-7-4-6-19-18(9-10-24(35-29)28(19)20)12-27(38)44-15-17(2)46-47-30-25(37(42)43)8-5-11-34-30;1-2-23(29)15-8-18-20-13(9-26(18)21(27)14(15)10-30-22(23)28)11-4-3-5-12-16(24)6-7-17(25-20)19(11)12;1-6(5-11)14-15-8-7(10(12)13)3-2-4-9-8;;;1-7-9(4)11(6)10(5)8(2)3/h5,8-11,13,17,41H,3-4,6-7,12,14-16H2,1-2H3;6-8,29H,2-5,9-10,24H2,1H3;2-4,6,11H,5H2,1H3;2*1H4;/q;;;;;-1/t17-,33+;23-;6-;;;/m101.../s1. The summed E-state index contributed by atoms with van der Waals surface area (Å²) in [4.78, 5) is 104. The van der Waals surface area contributed by atoms with Crippen LogP contribution in [0.3, 0.4) is 0 Å². The fourth-order valence-corrected chi connectivity index (χ4v) is 1060. The van der Waals surface area contributed by atoms with Gasteiger partial charge in [0.15, 0.2) is 21.3 Å². The van der Waals surface area contributed by atoms with Crippen molar-refractivity contribution in [1.82, 2.24) is 29.1 Å². The second-order valence-electron chi connectivity index (χ2n) is 23.8. The van der Waals surface area contributed by atoms with Crippen LogP contribution in [0.1, 0.15) is 129 Å². The van der Waals surface area contributed by atoms with Gasteiger partial charge in [0.2, 0.25) is 0 Å². The summed E-state index contributed by atoms with van der Waals surface area (Å²) in [5.41, 5.74) is 15.7. The molecule has 24 nitrogen and oxygen atoms in total. The summed E-state index contributed by atoms with van der Waals surface area (Å²) in [7, 11) is 3.95. The minimum atomic E-state index is -1.89. The van der Waals surface area contributed by atoms with Crippen LogP contribution in [0.25, 0.3) is 44.6 Å². The Morgan fingerprint density at radius 2 is 1.14 bits per heavy atom. The number of pyridine rings is 6. The molecule has 0 amide bonds. The molecule has 2 aliphatic carbocycles. The third-order valence-electron chi connectivity index (χ3n) is 17.8. The second kappa shape index (κ2) is 38.9. The van der Waals surface area contributed by atoms with Gasteiger partial charge in [0.05, 0.1) is 80.9 Å². The Bertz CT molecular complexity index is 4860. The van der Waals surface area contributed by atoms with Gasteiger partial charge in [-0.05, 0) is 150 Å². The van der Waals surface area contributed by atoms with Crippen molar-refractivity contribution >= 4 is 243 Å². The number of esters is 3. The Morgan fingerprint density at radius 3 is 1.60 bits per heavy atom. The Labute approximate surface area is 702 Å². The van der Waals surface area contributed by atoms with E-state index in [9.17, 15) is 54.4 Å². The Balaban J connectivity index is 0.000000187. The molecule has 0 saturated heterocycles. The summed E-state index contributed by atoms with van der Waals surface area (Å²) < 4.78 is 19.3. The molecule has 6 aliphatic rings. The molecule has 8 aromatic rings. The van der Waals surface area contributed by atoms with Gasteiger partial charge in [0, 0.05) is 73.7 Å². The van der Waals surface area contributed by atoms with Gasteiger partial charge < -0.3 is 44.4 Å². The monoisotopic (exact) mass is 2750 g/mol. The molecule has 6 aromatic heterocycles. The Hall–Kier alpha value is -0.220. The minimum absolute atomic E-state index is 0. The number of aryl methyl sites for hydroxylation is 4. The second-order valence-corrected chi connectivity index (χ2v) is 240. The molecule has 0 unspecified atom stereocenters. The molecule has 0 radical (unpaired) electrons. The van der Waals surface area contributed by atoms with Crippen molar-refractivity contribution in [1.29, 1.82) is 0 Å². The predicted molar refractivity (Wildman–Crippen MR) is 501 cm³/mol. The number of aromatic nitrogens is 6. The van der Waals surface area contributed by atoms with Gasteiger partial charge in [-0.1, -0.05) is 63.3 Å². The molecular formula is C66H69I11N9O15S4-. The summed E-state index contributed by atoms with van der Waals surface area (Å²) >= 11 is 17.8. The van der Waals surface area contributed by atoms with Crippen molar-refractivity contribution in [2.24, 2.45) is 0 Å². The van der Waals surface area contributed by atoms with Gasteiger partial charge in [-0.2, -0.15) is 0 Å². The number of nitro groups is 2. The van der Waals surface area contributed by atoms with E-state index < -0.39 is 33.0 Å². The SMILES string of the molecule is C.C.CC[C@@]1(O)C(=O)OCc2c1cc1n(c2=O)Cc2c-1nc1ccc(CC(=O)OC[C@@H](C)SSc3ncccc3[N+](=O)[O-])c3c1c2CCC3.CC[C@@]1(O)C(=O)OCc2c1cc1n(c2=O)Cc2c-1nc1ccc(N)c3c1c2CCC3.C[C@H](CO)SSc1ncccc1[N+](=O)[O-].I[I-]I(I)I(I)I(I)I(I)I. The van der Waals surface area contributed by atoms with E-state index >= 15 is 0 Å². The quantitative estimate of drug-likeness (QED) is 0.0111. The number of hydrogen-bond donors (Lipinski definition) is 4. The maximum absolute atomic E-state index is 13.6. The number of nitrogens with zero attached hydrogens (tertiary/aromatic N) is 8. The van der Waals surface area contributed by atoms with E-state index in [1.54, 1.807) is 35.1 Å². The number of hydrogen-bond acceptors (Lipinski definition) is 24. The zero-order chi connectivity index (χ0) is 74.1. The number of aliphatic hydroxyl groups excluding tert-OH is 1. The average Bonchev–Trinajstić information content (AvgIpc) is 1.63. The molecule has 4 atom stereocenters. The number of aliphatic hydroxyl groups is 3. The number of benzene rings is 2. The van der Waals surface area contributed by atoms with E-state index in [0.717, 1.165) is 105 Å². The molecule has 0 saturated carbocycles. The van der Waals surface area contributed by atoms with Gasteiger partial charge >= 0.3 is 186 Å². The number of rotatable bonds is 19. The molecule has 0 spiro atoms. The summed E-state index contributed by atoms with van der Waals surface area (Å²) in [6.07, 6.45) is 8.62. The van der Waals surface area contributed by atoms with Gasteiger partial charge in [0.1, 0.15) is 19.8 Å². The maximum atomic E-state index is 13.6. The van der Waals surface area contributed by atoms with Crippen LogP contribution in [0.4, 0.5) is 17.1 Å². The Morgan fingerprint density at radius 1 is 0.686 bits per heavy atom. The predicted octanol–water partition coefficient (Wildman–Crippen LogP) is 16.2. The third-order valence-corrected chi connectivity index (χ3v) is 602. The number of carbonyl (C=O) groups is 3. The summed E-state index contributed by atoms with van der Waals surface area (Å²) in [5, 5.41) is 55.6. The molecule has 105 heavy (non-hydrogen) atoms. The molecule has 14 rings (SSSR count). The molecule has 570 valence electrons. The van der Waals surface area contributed by atoms with Crippen LogP contribution in [0, 0.1) is 20.2 Å². The molecule has 5 N–H and O–H groups in total. The Kier molecular flexibility index (Phi) is 32.9. The number of halogens is 11. The van der Waals surface area contributed by atoms with E-state index in [4.69, 9.17) is 35.0 Å². The van der Waals surface area contributed by atoms with Crippen LogP contribution in [0.2, 0.25) is 0 Å². The van der Waals surface area contributed by atoms with Crippen LogP contribution in [-0.4, -0.2) is 95.9 Å². The number of nitrogen functional groups attached to an aromatic ring is 1. The fourth-order valence-electron chi connectivity index (χ4n) is 12.9. The molecule has 10 heterocycles. The van der Waals surface area contributed by atoms with Gasteiger partial charge in [-0.15, -0.1) is 0 Å². The van der Waals surface area contributed by atoms with Crippen molar-refractivity contribution in [2.45, 2.75) is 158 Å². The molecule has 0 fully saturated rings. The number of nitrogens with two attached hydrogens (primary N) is 1. The number of ether oxygens (including phenoxy) is 3. The third kappa shape index (κ3) is 18.9.